The fraction of sp³-hybridized carbons (Fsp3) is 0.250. The first-order valence-electron chi connectivity index (χ1n) is 14.6. The first-order chi connectivity index (χ1) is 19.6. The van der Waals surface area contributed by atoms with E-state index in [0.717, 1.165) is 49.5 Å². The molecule has 1 unspecified atom stereocenters. The second-order valence-corrected chi connectivity index (χ2v) is 11.1. The third kappa shape index (κ3) is 3.62. The summed E-state index contributed by atoms with van der Waals surface area (Å²) in [5, 5.41) is 18.3. The van der Waals surface area contributed by atoms with Crippen LogP contribution in [0.25, 0.3) is 38.5 Å². The number of allylic oxidation sites excluding steroid dienone is 2. The number of aromatic nitrogens is 1. The maximum Gasteiger partial charge on any atom is 0.200 e. The zero-order valence-corrected chi connectivity index (χ0v) is 23.2. The Hall–Kier alpha value is -4.31. The predicted molar refractivity (Wildman–Crippen MR) is 166 cm³/mol. The van der Waals surface area contributed by atoms with E-state index in [1.165, 1.54) is 38.3 Å². The van der Waals surface area contributed by atoms with E-state index in [4.69, 9.17) is 0 Å². The molecule has 0 bridgehead atoms. The molecular formula is C36H34N2O2. The normalized spacial score (nSPS) is 18.3. The number of ketones is 1. The zero-order chi connectivity index (χ0) is 27.4. The summed E-state index contributed by atoms with van der Waals surface area (Å²) in [6.45, 7) is 6.17. The average Bonchev–Trinajstić information content (AvgIpc) is 3.46. The molecule has 1 aliphatic carbocycles. The number of aliphatic hydroxyl groups excluding tert-OH is 1. The maximum atomic E-state index is 13.7. The Labute approximate surface area is 234 Å². The fourth-order valence-corrected chi connectivity index (χ4v) is 6.69. The molecule has 2 aliphatic rings. The molecule has 1 atom stereocenters. The van der Waals surface area contributed by atoms with E-state index in [9.17, 15) is 9.90 Å². The van der Waals surface area contributed by atoms with Crippen LogP contribution in [0.4, 0.5) is 5.69 Å². The summed E-state index contributed by atoms with van der Waals surface area (Å²) in [4.78, 5) is 16.0. The maximum absolute atomic E-state index is 13.7. The molecule has 40 heavy (non-hydrogen) atoms. The molecule has 0 saturated carbocycles. The Balaban J connectivity index is 1.35. The lowest BCUT2D eigenvalue weighted by Crippen LogP contribution is -2.29. The largest absolute Gasteiger partial charge is 0.506 e. The number of Topliss-reactive ketones (excluding diaryl/α,β-unsaturated/α-hetero) is 1. The highest BCUT2D eigenvalue weighted by molar-refractivity contribution is 6.24. The van der Waals surface area contributed by atoms with Crippen molar-refractivity contribution < 1.29 is 9.90 Å². The highest BCUT2D eigenvalue weighted by Gasteiger charge is 2.36. The molecule has 2 heterocycles. The lowest BCUT2D eigenvalue weighted by atomic mass is 9.85. The lowest BCUT2D eigenvalue weighted by molar-refractivity contribution is -0.113. The number of aryl methyl sites for hydroxylation is 1. The predicted octanol–water partition coefficient (Wildman–Crippen LogP) is 7.93. The Morgan fingerprint density at radius 2 is 1.50 bits per heavy atom. The van der Waals surface area contributed by atoms with Crippen molar-refractivity contribution in [1.82, 2.24) is 4.57 Å². The van der Waals surface area contributed by atoms with Crippen molar-refractivity contribution in [2.75, 3.05) is 11.4 Å². The molecule has 0 amide bonds. The monoisotopic (exact) mass is 526 g/mol. The van der Waals surface area contributed by atoms with Gasteiger partial charge in [0.05, 0.1) is 17.2 Å². The van der Waals surface area contributed by atoms with Crippen LogP contribution >= 0.6 is 0 Å². The third-order valence-corrected chi connectivity index (χ3v) is 8.71. The Bertz CT molecular complexity index is 1910. The number of unbranched alkanes of at least 4 members (excludes halogenated alkanes) is 2. The van der Waals surface area contributed by atoms with Crippen molar-refractivity contribution in [3.63, 3.8) is 0 Å². The smallest absolute Gasteiger partial charge is 0.200 e. The van der Waals surface area contributed by atoms with E-state index in [1.807, 2.05) is 12.2 Å². The Morgan fingerprint density at radius 3 is 2.25 bits per heavy atom. The molecule has 4 nitrogen and oxygen atoms in total. The summed E-state index contributed by atoms with van der Waals surface area (Å²) in [5.41, 5.74) is 4.43. The summed E-state index contributed by atoms with van der Waals surface area (Å²) < 4.78 is 2.32. The first kappa shape index (κ1) is 24.7. The number of hydrogen-bond donors (Lipinski definition) is 1. The molecule has 0 saturated heterocycles. The summed E-state index contributed by atoms with van der Waals surface area (Å²) in [6, 6.07) is 25.5. The quantitative estimate of drug-likeness (QED) is 0.209. The van der Waals surface area contributed by atoms with Gasteiger partial charge in [-0.05, 0) is 53.5 Å². The van der Waals surface area contributed by atoms with Gasteiger partial charge in [-0.3, -0.25) is 4.79 Å². The molecule has 200 valence electrons. The molecule has 0 radical (unpaired) electrons. The van der Waals surface area contributed by atoms with Crippen LogP contribution in [-0.4, -0.2) is 22.0 Å². The van der Waals surface area contributed by atoms with Crippen molar-refractivity contribution in [3.8, 4) is 0 Å². The molecule has 1 aliphatic heterocycles. The van der Waals surface area contributed by atoms with Gasteiger partial charge in [0.25, 0.3) is 0 Å². The minimum atomic E-state index is -0.0813. The third-order valence-electron chi connectivity index (χ3n) is 8.71. The van der Waals surface area contributed by atoms with E-state index < -0.39 is 0 Å². The highest BCUT2D eigenvalue weighted by atomic mass is 16.3. The highest BCUT2D eigenvalue weighted by Crippen LogP contribution is 2.46. The summed E-state index contributed by atoms with van der Waals surface area (Å²) in [7, 11) is 0. The van der Waals surface area contributed by atoms with Crippen molar-refractivity contribution in [2.24, 2.45) is 0 Å². The lowest BCUT2D eigenvalue weighted by Gasteiger charge is -2.28. The molecule has 0 spiro atoms. The van der Waals surface area contributed by atoms with Crippen LogP contribution in [0, 0.1) is 0 Å². The second kappa shape index (κ2) is 9.71. The van der Waals surface area contributed by atoms with E-state index in [2.05, 4.69) is 96.1 Å². The summed E-state index contributed by atoms with van der Waals surface area (Å²) >= 11 is 0. The van der Waals surface area contributed by atoms with Crippen LogP contribution in [0.3, 0.4) is 0 Å². The molecule has 0 fully saturated rings. The van der Waals surface area contributed by atoms with Gasteiger partial charge in [-0.15, -0.1) is 0 Å². The molecular weight excluding hydrogens is 492 g/mol. The molecule has 1 aromatic heterocycles. The molecule has 4 heteroatoms. The second-order valence-electron chi connectivity index (χ2n) is 11.1. The van der Waals surface area contributed by atoms with Crippen LogP contribution < -0.4 is 10.2 Å². The van der Waals surface area contributed by atoms with E-state index in [-0.39, 0.29) is 17.6 Å². The van der Waals surface area contributed by atoms with Crippen molar-refractivity contribution in [1.29, 1.82) is 0 Å². The number of hydrogen-bond acceptors (Lipinski definition) is 3. The number of anilines is 1. The van der Waals surface area contributed by atoms with Crippen LogP contribution in [0.5, 0.6) is 0 Å². The molecule has 7 rings (SSSR count). The number of rotatable bonds is 8. The van der Waals surface area contributed by atoms with Crippen LogP contribution in [0.1, 0.15) is 51.1 Å². The van der Waals surface area contributed by atoms with Crippen LogP contribution in [0.15, 0.2) is 95.8 Å². The summed E-state index contributed by atoms with van der Waals surface area (Å²) in [5.74, 6) is 0.0248. The Morgan fingerprint density at radius 1 is 0.825 bits per heavy atom. The average molecular weight is 527 g/mol. The minimum absolute atomic E-state index is 0.0755. The number of benzene rings is 4. The summed E-state index contributed by atoms with van der Waals surface area (Å²) in [6.07, 6.45) is 8.20. The first-order valence-corrected chi connectivity index (χ1v) is 14.6. The van der Waals surface area contributed by atoms with Gasteiger partial charge < -0.3 is 14.6 Å². The van der Waals surface area contributed by atoms with Gasteiger partial charge in [-0.25, -0.2) is 0 Å². The van der Waals surface area contributed by atoms with Crippen molar-refractivity contribution in [3.05, 3.63) is 107 Å². The SMILES string of the molecule is CCCCN1c2cccc3cccc(c23)C1/C=C1\C(=O)C(/C=c2\c3cccc4cccc(c43)n2CCCC)=C1O. The van der Waals surface area contributed by atoms with Crippen molar-refractivity contribution in [2.45, 2.75) is 52.1 Å². The standard InChI is InChI=1S/C36H34N2O2/c1-3-5-19-37-29-17-9-13-23-11-7-15-25(33(23)29)31(37)21-27-35(39)28(36(27)40)22-32-26-16-8-12-24-14-10-18-30(34(24)26)38(32)20-6-4-2/h7-18,21-22,31,39H,3-6,19-20H2,1-2H3/b27-21-,32-22+. The number of carbonyl (C=O) groups is 1. The zero-order valence-electron chi connectivity index (χ0n) is 23.2. The van der Waals surface area contributed by atoms with Gasteiger partial charge in [0.15, 0.2) is 5.78 Å². The van der Waals surface area contributed by atoms with E-state index in [0.29, 0.717) is 11.1 Å². The molecule has 5 aromatic rings. The van der Waals surface area contributed by atoms with Gasteiger partial charge >= 0.3 is 0 Å². The van der Waals surface area contributed by atoms with Crippen molar-refractivity contribution >= 4 is 50.0 Å². The van der Waals surface area contributed by atoms with E-state index in [1.54, 1.807) is 0 Å². The van der Waals surface area contributed by atoms with Gasteiger partial charge in [0, 0.05) is 45.8 Å². The van der Waals surface area contributed by atoms with Gasteiger partial charge in [0.1, 0.15) is 5.76 Å². The molecule has 1 N–H and O–H groups in total. The van der Waals surface area contributed by atoms with Crippen LogP contribution in [-0.2, 0) is 11.3 Å². The topological polar surface area (TPSA) is 45.5 Å². The Kier molecular flexibility index (Phi) is 6.00. The minimum Gasteiger partial charge on any atom is -0.506 e. The van der Waals surface area contributed by atoms with Gasteiger partial charge in [-0.2, -0.15) is 0 Å². The number of carbonyl (C=O) groups excluding carboxylic acids is 1. The van der Waals surface area contributed by atoms with Gasteiger partial charge in [0.2, 0.25) is 0 Å². The van der Waals surface area contributed by atoms with Gasteiger partial charge in [-0.1, -0.05) is 87.4 Å². The molecule has 4 aromatic carbocycles. The fourth-order valence-electron chi connectivity index (χ4n) is 6.69. The van der Waals surface area contributed by atoms with Crippen LogP contribution in [0.2, 0.25) is 0 Å². The van der Waals surface area contributed by atoms with E-state index >= 15 is 0 Å². The number of nitrogens with zero attached hydrogens (tertiary/aromatic N) is 2. The number of aliphatic hydroxyl groups is 1.